The summed E-state index contributed by atoms with van der Waals surface area (Å²) < 4.78 is 1.80. The number of aryl methyl sites for hydroxylation is 2. The maximum atomic E-state index is 12.5. The number of piperidine rings is 1. The molecule has 0 unspecified atom stereocenters. The van der Waals surface area contributed by atoms with Gasteiger partial charge < -0.3 is 4.90 Å². The topological polar surface area (TPSA) is 66.8 Å². The number of aromatic amines is 1. The van der Waals surface area contributed by atoms with E-state index in [9.17, 15) is 4.79 Å². The standard InChI is InChI=1S/C16H23N5O/c1-12-8-13(2)21(19-12)11-16(22)20-7-3-4-14(10-20)9-15-5-6-17-18-15/h5-6,8,14H,3-4,7,9-11H2,1-2H3,(H,17,18)/t14-/m0/s1. The molecule has 0 spiro atoms. The van der Waals surface area contributed by atoms with E-state index in [-0.39, 0.29) is 5.91 Å². The van der Waals surface area contributed by atoms with Gasteiger partial charge in [-0.25, -0.2) is 0 Å². The zero-order chi connectivity index (χ0) is 15.5. The minimum Gasteiger partial charge on any atom is -0.341 e. The van der Waals surface area contributed by atoms with E-state index in [1.807, 2.05) is 30.9 Å². The molecule has 3 rings (SSSR count). The van der Waals surface area contributed by atoms with Gasteiger partial charge in [-0.15, -0.1) is 0 Å². The van der Waals surface area contributed by atoms with Crippen LogP contribution in [0.3, 0.4) is 0 Å². The van der Waals surface area contributed by atoms with Crippen molar-refractivity contribution < 1.29 is 4.79 Å². The number of nitrogens with zero attached hydrogens (tertiary/aromatic N) is 4. The SMILES string of the molecule is Cc1cc(C)n(CC(=O)N2CCC[C@@H](Cc3ccn[nH]3)C2)n1. The van der Waals surface area contributed by atoms with E-state index in [2.05, 4.69) is 15.3 Å². The highest BCUT2D eigenvalue weighted by atomic mass is 16.2. The number of carbonyl (C=O) groups is 1. The molecule has 1 amide bonds. The van der Waals surface area contributed by atoms with Crippen LogP contribution in [0, 0.1) is 19.8 Å². The fourth-order valence-electron chi connectivity index (χ4n) is 3.23. The molecule has 1 aliphatic rings. The van der Waals surface area contributed by atoms with Gasteiger partial charge in [0.15, 0.2) is 0 Å². The lowest BCUT2D eigenvalue weighted by atomic mass is 9.93. The predicted octanol–water partition coefficient (Wildman–Crippen LogP) is 1.70. The molecule has 0 bridgehead atoms. The highest BCUT2D eigenvalue weighted by molar-refractivity contribution is 5.76. The van der Waals surface area contributed by atoms with Crippen molar-refractivity contribution in [1.82, 2.24) is 24.9 Å². The first-order valence-corrected chi connectivity index (χ1v) is 7.89. The zero-order valence-corrected chi connectivity index (χ0v) is 13.2. The Kier molecular flexibility index (Phi) is 4.27. The number of hydrogen-bond donors (Lipinski definition) is 1. The van der Waals surface area contributed by atoms with Gasteiger partial charge in [0.2, 0.25) is 5.91 Å². The summed E-state index contributed by atoms with van der Waals surface area (Å²) in [5.74, 6) is 0.680. The van der Waals surface area contributed by atoms with Gasteiger partial charge in [-0.2, -0.15) is 10.2 Å². The summed E-state index contributed by atoms with van der Waals surface area (Å²) in [6.07, 6.45) is 4.98. The van der Waals surface area contributed by atoms with Crippen LogP contribution in [0.2, 0.25) is 0 Å². The molecule has 0 radical (unpaired) electrons. The Hall–Kier alpha value is -2.11. The van der Waals surface area contributed by atoms with Crippen LogP contribution in [0.15, 0.2) is 18.3 Å². The summed E-state index contributed by atoms with van der Waals surface area (Å²) in [6, 6.07) is 4.02. The summed E-state index contributed by atoms with van der Waals surface area (Å²) in [7, 11) is 0. The largest absolute Gasteiger partial charge is 0.341 e. The van der Waals surface area contributed by atoms with Gasteiger partial charge in [0, 0.05) is 30.7 Å². The normalized spacial score (nSPS) is 18.6. The van der Waals surface area contributed by atoms with E-state index in [1.54, 1.807) is 10.9 Å². The Bertz CT molecular complexity index is 631. The van der Waals surface area contributed by atoms with Crippen molar-refractivity contribution in [3.63, 3.8) is 0 Å². The van der Waals surface area contributed by atoms with Crippen LogP contribution in [-0.4, -0.2) is 43.9 Å². The van der Waals surface area contributed by atoms with Crippen LogP contribution in [0.5, 0.6) is 0 Å². The Morgan fingerprint density at radius 3 is 3.00 bits per heavy atom. The quantitative estimate of drug-likeness (QED) is 0.934. The molecule has 118 valence electrons. The molecule has 2 aromatic rings. The number of carbonyl (C=O) groups excluding carboxylic acids is 1. The van der Waals surface area contributed by atoms with Gasteiger partial charge in [-0.3, -0.25) is 14.6 Å². The number of amides is 1. The van der Waals surface area contributed by atoms with Crippen molar-refractivity contribution in [3.05, 3.63) is 35.4 Å². The van der Waals surface area contributed by atoms with Crippen LogP contribution in [-0.2, 0) is 17.8 Å². The molecular formula is C16H23N5O. The minimum atomic E-state index is 0.167. The molecule has 2 aromatic heterocycles. The summed E-state index contributed by atoms with van der Waals surface area (Å²) in [5.41, 5.74) is 3.15. The number of hydrogen-bond acceptors (Lipinski definition) is 3. The fourth-order valence-corrected chi connectivity index (χ4v) is 3.23. The molecule has 0 aliphatic carbocycles. The average molecular weight is 301 g/mol. The molecule has 1 atom stereocenters. The highest BCUT2D eigenvalue weighted by Crippen LogP contribution is 2.20. The molecule has 1 saturated heterocycles. The molecule has 3 heterocycles. The van der Waals surface area contributed by atoms with Crippen LogP contribution < -0.4 is 0 Å². The van der Waals surface area contributed by atoms with Gasteiger partial charge in [0.1, 0.15) is 6.54 Å². The number of rotatable bonds is 4. The molecule has 0 saturated carbocycles. The number of H-pyrrole nitrogens is 1. The van der Waals surface area contributed by atoms with Gasteiger partial charge in [0.25, 0.3) is 0 Å². The first-order chi connectivity index (χ1) is 10.6. The monoisotopic (exact) mass is 301 g/mol. The van der Waals surface area contributed by atoms with Crippen molar-refractivity contribution in [2.24, 2.45) is 5.92 Å². The van der Waals surface area contributed by atoms with Gasteiger partial charge in [-0.1, -0.05) is 0 Å². The minimum absolute atomic E-state index is 0.167. The zero-order valence-electron chi connectivity index (χ0n) is 13.2. The molecular weight excluding hydrogens is 278 g/mol. The Morgan fingerprint density at radius 2 is 2.32 bits per heavy atom. The van der Waals surface area contributed by atoms with E-state index in [0.29, 0.717) is 12.5 Å². The molecule has 22 heavy (non-hydrogen) atoms. The summed E-state index contributed by atoms with van der Waals surface area (Å²) in [6.45, 7) is 5.98. The second kappa shape index (κ2) is 6.34. The number of nitrogens with one attached hydrogen (secondary N) is 1. The van der Waals surface area contributed by atoms with Crippen LogP contribution >= 0.6 is 0 Å². The van der Waals surface area contributed by atoms with Gasteiger partial charge in [0.05, 0.1) is 5.69 Å². The molecule has 6 heteroatoms. The second-order valence-electron chi connectivity index (χ2n) is 6.22. The van der Waals surface area contributed by atoms with E-state index >= 15 is 0 Å². The van der Waals surface area contributed by atoms with Crippen molar-refractivity contribution >= 4 is 5.91 Å². The molecule has 1 fully saturated rings. The lowest BCUT2D eigenvalue weighted by Gasteiger charge is -2.32. The fraction of sp³-hybridized carbons (Fsp3) is 0.562. The molecule has 1 aliphatic heterocycles. The van der Waals surface area contributed by atoms with E-state index in [1.165, 1.54) is 6.42 Å². The first-order valence-electron chi connectivity index (χ1n) is 7.89. The predicted molar refractivity (Wildman–Crippen MR) is 83.3 cm³/mol. The smallest absolute Gasteiger partial charge is 0.244 e. The van der Waals surface area contributed by atoms with Crippen LogP contribution in [0.25, 0.3) is 0 Å². The Labute approximate surface area is 130 Å². The van der Waals surface area contributed by atoms with Crippen molar-refractivity contribution in [3.8, 4) is 0 Å². The third kappa shape index (κ3) is 3.37. The van der Waals surface area contributed by atoms with E-state index in [4.69, 9.17) is 0 Å². The van der Waals surface area contributed by atoms with Crippen molar-refractivity contribution in [2.45, 2.75) is 39.7 Å². The number of aromatic nitrogens is 4. The first kappa shape index (κ1) is 14.8. The van der Waals surface area contributed by atoms with Crippen molar-refractivity contribution in [2.75, 3.05) is 13.1 Å². The van der Waals surface area contributed by atoms with Crippen molar-refractivity contribution in [1.29, 1.82) is 0 Å². The lowest BCUT2D eigenvalue weighted by Crippen LogP contribution is -2.42. The van der Waals surface area contributed by atoms with Crippen LogP contribution in [0.4, 0.5) is 0 Å². The maximum Gasteiger partial charge on any atom is 0.244 e. The van der Waals surface area contributed by atoms with E-state index in [0.717, 1.165) is 43.0 Å². The third-order valence-corrected chi connectivity index (χ3v) is 4.33. The third-order valence-electron chi connectivity index (χ3n) is 4.33. The summed E-state index contributed by atoms with van der Waals surface area (Å²) in [4.78, 5) is 14.5. The van der Waals surface area contributed by atoms with E-state index < -0.39 is 0 Å². The number of likely N-dealkylation sites (tertiary alicyclic amines) is 1. The summed E-state index contributed by atoms with van der Waals surface area (Å²) >= 11 is 0. The van der Waals surface area contributed by atoms with Crippen LogP contribution in [0.1, 0.15) is 29.9 Å². The molecule has 0 aromatic carbocycles. The van der Waals surface area contributed by atoms with Gasteiger partial charge in [-0.05, 0) is 51.2 Å². The lowest BCUT2D eigenvalue weighted by molar-refractivity contribution is -0.133. The Morgan fingerprint density at radius 1 is 1.45 bits per heavy atom. The molecule has 6 nitrogen and oxygen atoms in total. The second-order valence-corrected chi connectivity index (χ2v) is 6.22. The average Bonchev–Trinajstić information content (AvgIpc) is 3.09. The highest BCUT2D eigenvalue weighted by Gasteiger charge is 2.24. The van der Waals surface area contributed by atoms with Gasteiger partial charge >= 0.3 is 0 Å². The Balaban J connectivity index is 1.59. The maximum absolute atomic E-state index is 12.5. The summed E-state index contributed by atoms with van der Waals surface area (Å²) in [5, 5.41) is 11.4. The molecule has 1 N–H and O–H groups in total.